The molecular weight excluding hydrogens is 636 g/mol. The molecular formula is C36H38N2O9S. The Balaban J connectivity index is 1.59. The average molecular weight is 675 g/mol. The molecule has 4 atom stereocenters. The molecule has 4 unspecified atom stereocenters. The molecule has 0 spiro atoms. The van der Waals surface area contributed by atoms with E-state index in [1.54, 1.807) is 51.1 Å². The standard InChI is InChI=1S/C36H38N2O9S/c1-23(2)46-29(41)19-20-48(45)22-24(3)32-31(35(43)38(32)21-28(39)40)37-34(42)30(25-13-7-4-8-14-25)36(44)47-33(26-15-9-5-10-16-26)27-17-11-6-12-18-27/h4-18,22-23,30-33H,19-21H2,1-3H3,(H,37,42)(H,39,40). The Morgan fingerprint density at radius 3 is 1.90 bits per heavy atom. The van der Waals surface area contributed by atoms with Crippen LogP contribution in [0.2, 0.25) is 0 Å². The topological polar surface area (TPSA) is 156 Å². The summed E-state index contributed by atoms with van der Waals surface area (Å²) in [5, 5.41) is 13.4. The van der Waals surface area contributed by atoms with Crippen LogP contribution in [0.1, 0.15) is 55.9 Å². The molecule has 0 bridgehead atoms. The van der Waals surface area contributed by atoms with Crippen molar-refractivity contribution in [1.82, 2.24) is 10.2 Å². The molecule has 0 aliphatic carbocycles. The zero-order valence-corrected chi connectivity index (χ0v) is 27.6. The molecule has 0 aromatic heterocycles. The van der Waals surface area contributed by atoms with Crippen molar-refractivity contribution in [2.24, 2.45) is 0 Å². The first-order valence-corrected chi connectivity index (χ1v) is 16.8. The minimum atomic E-state index is -1.66. The highest BCUT2D eigenvalue weighted by atomic mass is 32.2. The lowest BCUT2D eigenvalue weighted by Gasteiger charge is -2.47. The summed E-state index contributed by atoms with van der Waals surface area (Å²) in [5.41, 5.74) is 2.05. The van der Waals surface area contributed by atoms with E-state index in [0.29, 0.717) is 22.3 Å². The number of carboxylic acids is 1. The van der Waals surface area contributed by atoms with Crippen LogP contribution in [0.15, 0.2) is 102 Å². The van der Waals surface area contributed by atoms with Gasteiger partial charge in [0.05, 0.1) is 18.6 Å². The van der Waals surface area contributed by atoms with Gasteiger partial charge in [0.15, 0.2) is 12.0 Å². The van der Waals surface area contributed by atoms with E-state index >= 15 is 0 Å². The van der Waals surface area contributed by atoms with Crippen LogP contribution >= 0.6 is 0 Å². The second-order valence-electron chi connectivity index (χ2n) is 11.5. The van der Waals surface area contributed by atoms with Crippen molar-refractivity contribution in [2.75, 3.05) is 12.3 Å². The molecule has 3 aromatic carbocycles. The van der Waals surface area contributed by atoms with Crippen LogP contribution in [0.4, 0.5) is 0 Å². The molecule has 2 N–H and O–H groups in total. The third-order valence-electron chi connectivity index (χ3n) is 7.53. The molecule has 1 saturated heterocycles. The lowest BCUT2D eigenvalue weighted by atomic mass is 9.88. The second kappa shape index (κ2) is 16.6. The van der Waals surface area contributed by atoms with Gasteiger partial charge in [-0.25, -0.2) is 0 Å². The first kappa shape index (κ1) is 35.7. The molecule has 48 heavy (non-hydrogen) atoms. The Bertz CT molecular complexity index is 1620. The number of carbonyl (C=O) groups is 5. The highest BCUT2D eigenvalue weighted by molar-refractivity contribution is 7.88. The minimum Gasteiger partial charge on any atom is -0.480 e. The van der Waals surface area contributed by atoms with E-state index in [4.69, 9.17) is 9.47 Å². The Morgan fingerprint density at radius 2 is 1.40 bits per heavy atom. The van der Waals surface area contributed by atoms with Crippen molar-refractivity contribution in [1.29, 1.82) is 0 Å². The quantitative estimate of drug-likeness (QED) is 0.139. The van der Waals surface area contributed by atoms with Gasteiger partial charge < -0.3 is 24.8 Å². The fourth-order valence-corrected chi connectivity index (χ4v) is 6.45. The summed E-state index contributed by atoms with van der Waals surface area (Å²) in [6.45, 7) is 4.30. The molecule has 252 valence electrons. The smallest absolute Gasteiger partial charge is 0.324 e. The van der Waals surface area contributed by atoms with E-state index in [2.05, 4.69) is 5.32 Å². The minimum absolute atomic E-state index is 0.0502. The number of esters is 2. The van der Waals surface area contributed by atoms with Crippen molar-refractivity contribution < 1.29 is 42.8 Å². The number of hydrogen-bond acceptors (Lipinski definition) is 8. The molecule has 1 fully saturated rings. The normalized spacial score (nSPS) is 17.3. The van der Waals surface area contributed by atoms with Gasteiger partial charge in [0, 0.05) is 22.0 Å². The van der Waals surface area contributed by atoms with Crippen molar-refractivity contribution >= 4 is 40.5 Å². The van der Waals surface area contributed by atoms with Crippen LogP contribution in [0.25, 0.3) is 0 Å². The Hall–Kier alpha value is -5.10. The maximum absolute atomic E-state index is 13.9. The zero-order chi connectivity index (χ0) is 34.8. The van der Waals surface area contributed by atoms with Crippen LogP contribution in [-0.4, -0.2) is 74.4 Å². The fraction of sp³-hybridized carbons (Fsp3) is 0.306. The van der Waals surface area contributed by atoms with E-state index in [0.717, 1.165) is 4.90 Å². The summed E-state index contributed by atoms with van der Waals surface area (Å²) in [6.07, 6.45) is -1.26. The van der Waals surface area contributed by atoms with Gasteiger partial charge >= 0.3 is 17.9 Å². The summed E-state index contributed by atoms with van der Waals surface area (Å²) in [6, 6.07) is 24.2. The molecule has 2 amide bonds. The maximum atomic E-state index is 13.9. The summed E-state index contributed by atoms with van der Waals surface area (Å²) in [7, 11) is -1.66. The van der Waals surface area contributed by atoms with Gasteiger partial charge in [-0.05, 0) is 43.0 Å². The third kappa shape index (κ3) is 9.25. The number of hydrogen-bond donors (Lipinski definition) is 2. The molecule has 12 heteroatoms. The monoisotopic (exact) mass is 674 g/mol. The number of nitrogens with one attached hydrogen (secondary N) is 1. The van der Waals surface area contributed by atoms with Crippen molar-refractivity contribution in [3.8, 4) is 0 Å². The predicted molar refractivity (Wildman–Crippen MR) is 178 cm³/mol. The van der Waals surface area contributed by atoms with Crippen LogP contribution in [0.3, 0.4) is 0 Å². The maximum Gasteiger partial charge on any atom is 0.324 e. The Labute approximate surface area is 281 Å². The number of nitrogens with zero attached hydrogens (tertiary/aromatic N) is 1. The fourth-order valence-electron chi connectivity index (χ4n) is 5.41. The van der Waals surface area contributed by atoms with Gasteiger partial charge in [-0.1, -0.05) is 91.0 Å². The number of benzene rings is 3. The van der Waals surface area contributed by atoms with Gasteiger partial charge in [0.2, 0.25) is 11.8 Å². The first-order chi connectivity index (χ1) is 23.0. The van der Waals surface area contributed by atoms with Gasteiger partial charge in [0.25, 0.3) is 0 Å². The molecule has 11 nitrogen and oxygen atoms in total. The second-order valence-corrected chi connectivity index (χ2v) is 12.9. The van der Waals surface area contributed by atoms with E-state index in [1.165, 1.54) is 5.41 Å². The summed E-state index contributed by atoms with van der Waals surface area (Å²) >= 11 is 0. The van der Waals surface area contributed by atoms with Crippen LogP contribution < -0.4 is 5.32 Å². The molecule has 1 aliphatic heterocycles. The molecule has 0 saturated carbocycles. The molecule has 3 aromatic rings. The Morgan fingerprint density at radius 1 is 0.875 bits per heavy atom. The van der Waals surface area contributed by atoms with Gasteiger partial charge in [-0.3, -0.25) is 28.2 Å². The number of ether oxygens (including phenoxy) is 2. The van der Waals surface area contributed by atoms with Crippen LogP contribution in [0.5, 0.6) is 0 Å². The Kier molecular flexibility index (Phi) is 12.4. The number of carbonyl (C=O) groups excluding carboxylic acids is 4. The van der Waals surface area contributed by atoms with E-state index in [-0.39, 0.29) is 18.3 Å². The highest BCUT2D eigenvalue weighted by Crippen LogP contribution is 2.31. The number of β-lactam (4-membered cyclic amide) rings is 1. The lowest BCUT2D eigenvalue weighted by molar-refractivity contribution is -0.159. The number of likely N-dealkylation sites (tertiary alicyclic amines) is 1. The van der Waals surface area contributed by atoms with Crippen LogP contribution in [-0.2, 0) is 44.2 Å². The van der Waals surface area contributed by atoms with Crippen molar-refractivity contribution in [3.63, 3.8) is 0 Å². The van der Waals surface area contributed by atoms with Gasteiger partial charge in [-0.15, -0.1) is 0 Å². The van der Waals surface area contributed by atoms with Crippen molar-refractivity contribution in [3.05, 3.63) is 119 Å². The lowest BCUT2D eigenvalue weighted by Crippen LogP contribution is -2.72. The van der Waals surface area contributed by atoms with Gasteiger partial charge in [-0.2, -0.15) is 0 Å². The number of carboxylic acid groups (broad SMARTS) is 1. The average Bonchev–Trinajstić information content (AvgIpc) is 3.06. The van der Waals surface area contributed by atoms with Crippen molar-refractivity contribution in [2.45, 2.75) is 57.4 Å². The molecule has 1 heterocycles. The first-order valence-electron chi connectivity index (χ1n) is 15.4. The predicted octanol–water partition coefficient (Wildman–Crippen LogP) is 3.88. The van der Waals surface area contributed by atoms with E-state index < -0.39 is 71.2 Å². The molecule has 4 rings (SSSR count). The summed E-state index contributed by atoms with van der Waals surface area (Å²) in [5.74, 6) is -5.68. The summed E-state index contributed by atoms with van der Waals surface area (Å²) < 4.78 is 23.9. The van der Waals surface area contributed by atoms with Crippen LogP contribution in [0, 0.1) is 0 Å². The van der Waals surface area contributed by atoms with E-state index in [1.807, 2.05) is 60.7 Å². The highest BCUT2D eigenvalue weighted by Gasteiger charge is 2.50. The number of amides is 2. The summed E-state index contributed by atoms with van der Waals surface area (Å²) in [4.78, 5) is 65.6. The number of aliphatic carboxylic acids is 1. The SMILES string of the molecule is CC(=CS(=O)CCC(=O)OC(C)C)C1C(NC(=O)C(C(=O)OC(c2ccccc2)c2ccccc2)c2ccccc2)C(=O)N1CC(=O)O. The third-order valence-corrected chi connectivity index (χ3v) is 8.77. The molecule has 0 radical (unpaired) electrons. The number of rotatable bonds is 15. The zero-order valence-electron chi connectivity index (χ0n) is 26.8. The van der Waals surface area contributed by atoms with Gasteiger partial charge in [0.1, 0.15) is 12.6 Å². The van der Waals surface area contributed by atoms with E-state index in [9.17, 15) is 33.3 Å². The molecule has 1 aliphatic rings. The largest absolute Gasteiger partial charge is 0.480 e.